The largest absolute Gasteiger partial charge is 0.493 e. The second kappa shape index (κ2) is 9.22. The van der Waals surface area contributed by atoms with Crippen LogP contribution < -0.4 is 19.5 Å². The second-order valence-electron chi connectivity index (χ2n) is 5.35. The fourth-order valence-corrected chi connectivity index (χ4v) is 3.00. The van der Waals surface area contributed by atoms with Crippen molar-refractivity contribution in [3.05, 3.63) is 53.1 Å². The molecule has 5 nitrogen and oxygen atoms in total. The molecule has 0 fully saturated rings. The van der Waals surface area contributed by atoms with Gasteiger partial charge < -0.3 is 19.5 Å². The maximum absolute atomic E-state index is 12.4. The molecule has 0 aliphatic rings. The number of rotatable bonds is 8. The van der Waals surface area contributed by atoms with Gasteiger partial charge in [0, 0.05) is 17.9 Å². The number of ether oxygens (including phenoxy) is 3. The third-order valence-electron chi connectivity index (χ3n) is 3.68. The number of thioether (sulfide) groups is 1. The lowest BCUT2D eigenvalue weighted by molar-refractivity contribution is 0.0950. The van der Waals surface area contributed by atoms with E-state index >= 15 is 0 Å². The highest BCUT2D eigenvalue weighted by atomic mass is 32.2. The van der Waals surface area contributed by atoms with Gasteiger partial charge in [-0.15, -0.1) is 0 Å². The van der Waals surface area contributed by atoms with Gasteiger partial charge in [0.15, 0.2) is 11.5 Å². The molecule has 0 bridgehead atoms. The zero-order valence-corrected chi connectivity index (χ0v) is 15.7. The van der Waals surface area contributed by atoms with E-state index in [1.807, 2.05) is 42.7 Å². The SMILES string of the molecule is COc1cc(CNC(=O)c2cccc(CSC)c2)cc(OC)c1OC. The van der Waals surface area contributed by atoms with Crippen LogP contribution in [0.2, 0.25) is 0 Å². The van der Waals surface area contributed by atoms with Crippen LogP contribution in [0, 0.1) is 0 Å². The monoisotopic (exact) mass is 361 g/mol. The Morgan fingerprint density at radius 2 is 1.68 bits per heavy atom. The van der Waals surface area contributed by atoms with Gasteiger partial charge in [0.05, 0.1) is 21.3 Å². The molecule has 0 aliphatic carbocycles. The number of benzene rings is 2. The van der Waals surface area contributed by atoms with E-state index in [9.17, 15) is 4.79 Å². The Kier molecular flexibility index (Phi) is 7.01. The quantitative estimate of drug-likeness (QED) is 0.780. The number of amides is 1. The molecule has 0 radical (unpaired) electrons. The van der Waals surface area contributed by atoms with Crippen molar-refractivity contribution in [2.24, 2.45) is 0 Å². The molecule has 25 heavy (non-hydrogen) atoms. The Bertz CT molecular complexity index is 708. The first-order valence-corrected chi connectivity index (χ1v) is 9.17. The fourth-order valence-electron chi connectivity index (χ4n) is 2.49. The van der Waals surface area contributed by atoms with E-state index in [1.54, 1.807) is 33.1 Å². The average Bonchev–Trinajstić information content (AvgIpc) is 2.65. The van der Waals surface area contributed by atoms with Crippen molar-refractivity contribution in [2.45, 2.75) is 12.3 Å². The molecule has 0 saturated carbocycles. The van der Waals surface area contributed by atoms with Crippen LogP contribution in [-0.4, -0.2) is 33.5 Å². The molecular formula is C19H23NO4S. The predicted octanol–water partition coefficient (Wildman–Crippen LogP) is 3.51. The lowest BCUT2D eigenvalue weighted by Crippen LogP contribution is -2.23. The van der Waals surface area contributed by atoms with E-state index in [2.05, 4.69) is 5.32 Å². The molecule has 1 amide bonds. The molecule has 0 saturated heterocycles. The van der Waals surface area contributed by atoms with E-state index in [4.69, 9.17) is 14.2 Å². The minimum Gasteiger partial charge on any atom is -0.493 e. The highest BCUT2D eigenvalue weighted by Crippen LogP contribution is 2.38. The van der Waals surface area contributed by atoms with Crippen molar-refractivity contribution in [2.75, 3.05) is 27.6 Å². The van der Waals surface area contributed by atoms with Gasteiger partial charge in [0.1, 0.15) is 0 Å². The summed E-state index contributed by atoms with van der Waals surface area (Å²) in [6.45, 7) is 0.363. The summed E-state index contributed by atoms with van der Waals surface area (Å²) in [4.78, 5) is 12.4. The molecular weight excluding hydrogens is 338 g/mol. The average molecular weight is 361 g/mol. The van der Waals surface area contributed by atoms with Crippen LogP contribution in [0.5, 0.6) is 17.2 Å². The molecule has 1 N–H and O–H groups in total. The number of nitrogens with one attached hydrogen (secondary N) is 1. The summed E-state index contributed by atoms with van der Waals surface area (Å²) >= 11 is 1.73. The number of methoxy groups -OCH3 is 3. The van der Waals surface area contributed by atoms with Crippen molar-refractivity contribution in [1.29, 1.82) is 0 Å². The normalized spacial score (nSPS) is 10.2. The third kappa shape index (κ3) is 4.82. The van der Waals surface area contributed by atoms with Crippen molar-refractivity contribution < 1.29 is 19.0 Å². The van der Waals surface area contributed by atoms with Crippen LogP contribution in [-0.2, 0) is 12.3 Å². The standard InChI is InChI=1S/C19H23NO4S/c1-22-16-9-14(10-17(23-2)18(16)24-3)11-20-19(21)15-7-5-6-13(8-15)12-25-4/h5-10H,11-12H2,1-4H3,(H,20,21). The Balaban J connectivity index is 2.12. The minimum absolute atomic E-state index is 0.114. The van der Waals surface area contributed by atoms with Gasteiger partial charge in [-0.25, -0.2) is 0 Å². The zero-order valence-electron chi connectivity index (χ0n) is 14.9. The molecule has 0 spiro atoms. The summed E-state index contributed by atoms with van der Waals surface area (Å²) in [6.07, 6.45) is 2.04. The van der Waals surface area contributed by atoms with Gasteiger partial charge in [0.25, 0.3) is 5.91 Å². The summed E-state index contributed by atoms with van der Waals surface area (Å²) in [6, 6.07) is 11.3. The molecule has 2 aromatic carbocycles. The first kappa shape index (κ1) is 19.0. The molecule has 134 valence electrons. The van der Waals surface area contributed by atoms with E-state index < -0.39 is 0 Å². The first-order chi connectivity index (χ1) is 12.1. The van der Waals surface area contributed by atoms with Crippen molar-refractivity contribution in [3.63, 3.8) is 0 Å². The van der Waals surface area contributed by atoms with Crippen molar-refractivity contribution in [3.8, 4) is 17.2 Å². The summed E-state index contributed by atoms with van der Waals surface area (Å²) in [5.41, 5.74) is 2.65. The lowest BCUT2D eigenvalue weighted by Gasteiger charge is -2.14. The maximum Gasteiger partial charge on any atom is 0.251 e. The van der Waals surface area contributed by atoms with Crippen LogP contribution in [0.25, 0.3) is 0 Å². The topological polar surface area (TPSA) is 56.8 Å². The van der Waals surface area contributed by atoms with E-state index in [0.717, 1.165) is 16.9 Å². The Morgan fingerprint density at radius 3 is 2.24 bits per heavy atom. The van der Waals surface area contributed by atoms with E-state index in [0.29, 0.717) is 29.4 Å². The van der Waals surface area contributed by atoms with Gasteiger partial charge in [-0.3, -0.25) is 4.79 Å². The van der Waals surface area contributed by atoms with Gasteiger partial charge in [0.2, 0.25) is 5.75 Å². The third-order valence-corrected chi connectivity index (χ3v) is 4.30. The molecule has 0 aromatic heterocycles. The fraction of sp³-hybridized carbons (Fsp3) is 0.316. The van der Waals surface area contributed by atoms with Crippen molar-refractivity contribution in [1.82, 2.24) is 5.32 Å². The number of hydrogen-bond donors (Lipinski definition) is 1. The molecule has 0 atom stereocenters. The lowest BCUT2D eigenvalue weighted by atomic mass is 10.1. The van der Waals surface area contributed by atoms with E-state index in [1.165, 1.54) is 0 Å². The van der Waals surface area contributed by atoms with Crippen molar-refractivity contribution >= 4 is 17.7 Å². The highest BCUT2D eigenvalue weighted by molar-refractivity contribution is 7.97. The van der Waals surface area contributed by atoms with Crippen LogP contribution in [0.15, 0.2) is 36.4 Å². The summed E-state index contributed by atoms with van der Waals surface area (Å²) in [5.74, 6) is 2.43. The predicted molar refractivity (Wildman–Crippen MR) is 101 cm³/mol. The second-order valence-corrected chi connectivity index (χ2v) is 6.22. The molecule has 6 heteroatoms. The number of carbonyl (C=O) groups excluding carboxylic acids is 1. The number of hydrogen-bond acceptors (Lipinski definition) is 5. The maximum atomic E-state index is 12.4. The van der Waals surface area contributed by atoms with Crippen LogP contribution in [0.4, 0.5) is 0 Å². The molecule has 2 rings (SSSR count). The molecule has 2 aromatic rings. The summed E-state index contributed by atoms with van der Waals surface area (Å²) < 4.78 is 16.0. The Hall–Kier alpha value is -2.34. The Labute approximate surface area is 152 Å². The van der Waals surface area contributed by atoms with Crippen LogP contribution in [0.3, 0.4) is 0 Å². The van der Waals surface area contributed by atoms with Gasteiger partial charge >= 0.3 is 0 Å². The molecule has 0 aliphatic heterocycles. The summed E-state index contributed by atoms with van der Waals surface area (Å²) in [5, 5.41) is 2.93. The zero-order chi connectivity index (χ0) is 18.2. The molecule has 0 unspecified atom stereocenters. The smallest absolute Gasteiger partial charge is 0.251 e. The van der Waals surface area contributed by atoms with E-state index in [-0.39, 0.29) is 5.91 Å². The first-order valence-electron chi connectivity index (χ1n) is 7.77. The van der Waals surface area contributed by atoms with Crippen LogP contribution >= 0.6 is 11.8 Å². The highest BCUT2D eigenvalue weighted by Gasteiger charge is 2.14. The number of carbonyl (C=O) groups is 1. The molecule has 0 heterocycles. The van der Waals surface area contributed by atoms with Gasteiger partial charge in [-0.1, -0.05) is 12.1 Å². The minimum atomic E-state index is -0.114. The van der Waals surface area contributed by atoms with Crippen LogP contribution in [0.1, 0.15) is 21.5 Å². The van der Waals surface area contributed by atoms with Gasteiger partial charge in [-0.2, -0.15) is 11.8 Å². The van der Waals surface area contributed by atoms with Gasteiger partial charge in [-0.05, 0) is 41.6 Å². The summed E-state index contributed by atoms with van der Waals surface area (Å²) in [7, 11) is 4.69. The Morgan fingerprint density at radius 1 is 1.00 bits per heavy atom.